The molecule has 0 bridgehead atoms. The number of piperidine rings is 1. The molecule has 0 saturated carbocycles. The zero-order valence-corrected chi connectivity index (χ0v) is 16.6. The third kappa shape index (κ3) is 4.98. The summed E-state index contributed by atoms with van der Waals surface area (Å²) in [5.41, 5.74) is 4.93. The fourth-order valence-corrected chi connectivity index (χ4v) is 3.69. The standard InChI is InChI=1S/C22H29N3S/c1-3-18-7-11-20(12-8-18)24-22(26)23-17(2)19-9-13-21(14-10-19)25-15-5-4-6-16-25/h7-14,17H,3-6,15-16H2,1-2H3,(H2,23,24,26)/t17-/m1/s1. The van der Waals surface area contributed by atoms with Crippen LogP contribution in [0.3, 0.4) is 0 Å². The van der Waals surface area contributed by atoms with Crippen LogP contribution in [-0.4, -0.2) is 18.2 Å². The summed E-state index contributed by atoms with van der Waals surface area (Å²) < 4.78 is 0. The van der Waals surface area contributed by atoms with Crippen molar-refractivity contribution in [2.24, 2.45) is 0 Å². The summed E-state index contributed by atoms with van der Waals surface area (Å²) in [7, 11) is 0. The third-order valence-corrected chi connectivity index (χ3v) is 5.30. The van der Waals surface area contributed by atoms with Crippen molar-refractivity contribution in [1.82, 2.24) is 5.32 Å². The quantitative estimate of drug-likeness (QED) is 0.703. The number of hydrogen-bond donors (Lipinski definition) is 2. The van der Waals surface area contributed by atoms with Crippen LogP contribution in [0.25, 0.3) is 0 Å². The second-order valence-electron chi connectivity index (χ2n) is 7.01. The molecule has 0 spiro atoms. The normalized spacial score (nSPS) is 15.4. The summed E-state index contributed by atoms with van der Waals surface area (Å²) >= 11 is 5.47. The largest absolute Gasteiger partial charge is 0.372 e. The van der Waals surface area contributed by atoms with Crippen LogP contribution in [0.4, 0.5) is 11.4 Å². The zero-order valence-electron chi connectivity index (χ0n) is 15.8. The Hall–Kier alpha value is -2.07. The van der Waals surface area contributed by atoms with Crippen molar-refractivity contribution in [1.29, 1.82) is 0 Å². The Kier molecular flexibility index (Phi) is 6.51. The van der Waals surface area contributed by atoms with Crippen LogP contribution in [-0.2, 0) is 6.42 Å². The predicted molar refractivity (Wildman–Crippen MR) is 116 cm³/mol. The Morgan fingerprint density at radius 1 is 1.00 bits per heavy atom. The van der Waals surface area contributed by atoms with Gasteiger partial charge in [0.05, 0.1) is 6.04 Å². The molecule has 1 heterocycles. The van der Waals surface area contributed by atoms with E-state index < -0.39 is 0 Å². The molecule has 2 aromatic carbocycles. The smallest absolute Gasteiger partial charge is 0.171 e. The zero-order chi connectivity index (χ0) is 18.4. The van der Waals surface area contributed by atoms with E-state index >= 15 is 0 Å². The monoisotopic (exact) mass is 367 g/mol. The first-order chi connectivity index (χ1) is 12.7. The first-order valence-electron chi connectivity index (χ1n) is 9.67. The van der Waals surface area contributed by atoms with Crippen molar-refractivity contribution in [3.63, 3.8) is 0 Å². The number of nitrogens with one attached hydrogen (secondary N) is 2. The molecule has 1 aliphatic heterocycles. The lowest BCUT2D eigenvalue weighted by Crippen LogP contribution is -2.31. The number of nitrogens with zero attached hydrogens (tertiary/aromatic N) is 1. The van der Waals surface area contributed by atoms with Gasteiger partial charge in [0.15, 0.2) is 5.11 Å². The SMILES string of the molecule is CCc1ccc(NC(=S)N[C@H](C)c2ccc(N3CCCCC3)cc2)cc1. The van der Waals surface area contributed by atoms with E-state index in [-0.39, 0.29) is 6.04 Å². The lowest BCUT2D eigenvalue weighted by atomic mass is 10.1. The molecule has 3 nitrogen and oxygen atoms in total. The van der Waals surface area contributed by atoms with Crippen molar-refractivity contribution in [2.45, 2.75) is 45.6 Å². The Morgan fingerprint density at radius 2 is 1.65 bits per heavy atom. The first-order valence-corrected chi connectivity index (χ1v) is 10.1. The van der Waals surface area contributed by atoms with E-state index in [1.165, 1.54) is 49.2 Å². The maximum Gasteiger partial charge on any atom is 0.171 e. The Balaban J connectivity index is 1.54. The second kappa shape index (κ2) is 9.04. The van der Waals surface area contributed by atoms with Crippen molar-refractivity contribution >= 4 is 28.7 Å². The molecule has 0 radical (unpaired) electrons. The third-order valence-electron chi connectivity index (χ3n) is 5.08. The van der Waals surface area contributed by atoms with Gasteiger partial charge < -0.3 is 15.5 Å². The highest BCUT2D eigenvalue weighted by Gasteiger charge is 2.12. The second-order valence-corrected chi connectivity index (χ2v) is 7.42. The van der Waals surface area contributed by atoms with Gasteiger partial charge in [0.25, 0.3) is 0 Å². The number of benzene rings is 2. The van der Waals surface area contributed by atoms with E-state index in [2.05, 4.69) is 77.9 Å². The molecule has 3 rings (SSSR count). The molecule has 26 heavy (non-hydrogen) atoms. The maximum atomic E-state index is 5.47. The first kappa shape index (κ1) is 18.7. The summed E-state index contributed by atoms with van der Waals surface area (Å²) in [5.74, 6) is 0. The number of anilines is 2. The van der Waals surface area contributed by atoms with Gasteiger partial charge in [-0.05, 0) is 80.2 Å². The number of thiocarbonyl (C=S) groups is 1. The average molecular weight is 368 g/mol. The Bertz CT molecular complexity index is 703. The molecule has 1 atom stereocenters. The molecule has 0 amide bonds. The van der Waals surface area contributed by atoms with E-state index in [4.69, 9.17) is 12.2 Å². The van der Waals surface area contributed by atoms with Crippen LogP contribution >= 0.6 is 12.2 Å². The van der Waals surface area contributed by atoms with Crippen LogP contribution in [0.2, 0.25) is 0 Å². The summed E-state index contributed by atoms with van der Waals surface area (Å²) in [6.45, 7) is 6.66. The molecule has 1 fully saturated rings. The molecular weight excluding hydrogens is 338 g/mol. The molecule has 0 aliphatic carbocycles. The van der Waals surface area contributed by atoms with Gasteiger partial charge in [-0.1, -0.05) is 31.2 Å². The highest BCUT2D eigenvalue weighted by molar-refractivity contribution is 7.80. The van der Waals surface area contributed by atoms with E-state index in [1.807, 2.05) is 0 Å². The predicted octanol–water partition coefficient (Wildman–Crippen LogP) is 5.29. The Labute approximate surface area is 162 Å². The van der Waals surface area contributed by atoms with Crippen LogP contribution in [0.5, 0.6) is 0 Å². The summed E-state index contributed by atoms with van der Waals surface area (Å²) in [4.78, 5) is 2.48. The molecular formula is C22H29N3S. The summed E-state index contributed by atoms with van der Waals surface area (Å²) in [6.07, 6.45) is 5.02. The molecule has 2 aromatic rings. The maximum absolute atomic E-state index is 5.47. The minimum absolute atomic E-state index is 0.167. The fraction of sp³-hybridized carbons (Fsp3) is 0.409. The minimum atomic E-state index is 0.167. The minimum Gasteiger partial charge on any atom is -0.372 e. The number of hydrogen-bond acceptors (Lipinski definition) is 2. The van der Waals surface area contributed by atoms with Gasteiger partial charge in [-0.2, -0.15) is 0 Å². The van der Waals surface area contributed by atoms with Crippen LogP contribution in [0, 0.1) is 0 Å². The van der Waals surface area contributed by atoms with Gasteiger partial charge in [-0.15, -0.1) is 0 Å². The van der Waals surface area contributed by atoms with Gasteiger partial charge in [-0.3, -0.25) is 0 Å². The van der Waals surface area contributed by atoms with E-state index in [9.17, 15) is 0 Å². The molecule has 0 aromatic heterocycles. The van der Waals surface area contributed by atoms with Gasteiger partial charge in [0, 0.05) is 24.5 Å². The fourth-order valence-electron chi connectivity index (χ4n) is 3.40. The number of rotatable bonds is 5. The van der Waals surface area contributed by atoms with Crippen LogP contribution in [0.15, 0.2) is 48.5 Å². The molecule has 138 valence electrons. The van der Waals surface area contributed by atoms with Crippen molar-refractivity contribution in [3.8, 4) is 0 Å². The molecule has 0 unspecified atom stereocenters. The topological polar surface area (TPSA) is 27.3 Å². The molecule has 2 N–H and O–H groups in total. The van der Waals surface area contributed by atoms with Crippen molar-refractivity contribution < 1.29 is 0 Å². The molecule has 1 saturated heterocycles. The van der Waals surface area contributed by atoms with Gasteiger partial charge in [0.1, 0.15) is 0 Å². The average Bonchev–Trinajstić information content (AvgIpc) is 2.69. The van der Waals surface area contributed by atoms with Gasteiger partial charge in [-0.25, -0.2) is 0 Å². The summed E-state index contributed by atoms with van der Waals surface area (Å²) in [6, 6.07) is 17.5. The summed E-state index contributed by atoms with van der Waals surface area (Å²) in [5, 5.41) is 7.30. The van der Waals surface area contributed by atoms with Crippen LogP contribution < -0.4 is 15.5 Å². The molecule has 4 heteroatoms. The lowest BCUT2D eigenvalue weighted by Gasteiger charge is -2.29. The van der Waals surface area contributed by atoms with E-state index in [0.29, 0.717) is 5.11 Å². The van der Waals surface area contributed by atoms with E-state index in [1.54, 1.807) is 0 Å². The van der Waals surface area contributed by atoms with Gasteiger partial charge >= 0.3 is 0 Å². The van der Waals surface area contributed by atoms with Gasteiger partial charge in [0.2, 0.25) is 0 Å². The van der Waals surface area contributed by atoms with Crippen LogP contribution in [0.1, 0.15) is 50.3 Å². The van der Waals surface area contributed by atoms with Crippen molar-refractivity contribution in [3.05, 3.63) is 59.7 Å². The van der Waals surface area contributed by atoms with Crippen molar-refractivity contribution in [2.75, 3.05) is 23.3 Å². The Morgan fingerprint density at radius 3 is 2.27 bits per heavy atom. The lowest BCUT2D eigenvalue weighted by molar-refractivity contribution is 0.577. The molecule has 1 aliphatic rings. The highest BCUT2D eigenvalue weighted by atomic mass is 32.1. The van der Waals surface area contributed by atoms with E-state index in [0.717, 1.165) is 12.1 Å². The number of aryl methyl sites for hydroxylation is 1. The highest BCUT2D eigenvalue weighted by Crippen LogP contribution is 2.22.